The quantitative estimate of drug-likeness (QED) is 0.884. The molecule has 6 heteroatoms. The summed E-state index contributed by atoms with van der Waals surface area (Å²) in [5.41, 5.74) is 2.72. The van der Waals surface area contributed by atoms with Gasteiger partial charge >= 0.3 is 0 Å². The van der Waals surface area contributed by atoms with Crippen molar-refractivity contribution in [2.45, 2.75) is 24.9 Å². The molecule has 1 aromatic heterocycles. The first-order chi connectivity index (χ1) is 13.6. The maximum Gasteiger partial charge on any atom is 0.254 e. The molecule has 4 rings (SSSR count). The van der Waals surface area contributed by atoms with E-state index in [1.54, 1.807) is 34.3 Å². The molecule has 2 saturated heterocycles. The smallest absolute Gasteiger partial charge is 0.254 e. The normalized spacial score (nSPS) is 24.2. The highest BCUT2D eigenvalue weighted by Gasteiger charge is 2.54. The molecular formula is C22H23N3O3. The lowest BCUT2D eigenvalue weighted by Crippen LogP contribution is -2.73. The van der Waals surface area contributed by atoms with Crippen molar-refractivity contribution in [1.29, 1.82) is 0 Å². The Labute approximate surface area is 164 Å². The highest BCUT2D eigenvalue weighted by molar-refractivity contribution is 5.97. The second-order valence-corrected chi connectivity index (χ2v) is 7.23. The van der Waals surface area contributed by atoms with E-state index in [9.17, 15) is 14.7 Å². The standard InChI is InChI=1S/C22H23N3O3/c1-2-3-15-4-6-16(7-5-15)21-18-12-24(13-20(27)25(18)19(21)14-26)22(28)17-8-10-23-11-9-17/h2-11,18-19,21,26H,12-14H2,1H3/t18-,19-,21-/m0/s1. The van der Waals surface area contributed by atoms with Gasteiger partial charge in [-0.3, -0.25) is 14.6 Å². The minimum atomic E-state index is -0.233. The van der Waals surface area contributed by atoms with Crippen molar-refractivity contribution in [2.75, 3.05) is 19.7 Å². The van der Waals surface area contributed by atoms with Crippen molar-refractivity contribution < 1.29 is 14.7 Å². The van der Waals surface area contributed by atoms with E-state index in [2.05, 4.69) is 4.98 Å². The summed E-state index contributed by atoms with van der Waals surface area (Å²) >= 11 is 0. The van der Waals surface area contributed by atoms with E-state index in [0.29, 0.717) is 12.1 Å². The Morgan fingerprint density at radius 1 is 1.21 bits per heavy atom. The fraction of sp³-hybridized carbons (Fsp3) is 0.318. The van der Waals surface area contributed by atoms with Crippen molar-refractivity contribution in [1.82, 2.24) is 14.8 Å². The lowest BCUT2D eigenvalue weighted by atomic mass is 9.73. The average Bonchev–Trinajstić information content (AvgIpc) is 2.71. The van der Waals surface area contributed by atoms with E-state index < -0.39 is 0 Å². The molecule has 2 amide bonds. The lowest BCUT2D eigenvalue weighted by Gasteiger charge is -2.58. The Bertz CT molecular complexity index is 895. The van der Waals surface area contributed by atoms with Crippen LogP contribution in [0.15, 0.2) is 54.9 Å². The second kappa shape index (κ2) is 7.56. The summed E-state index contributed by atoms with van der Waals surface area (Å²) in [4.78, 5) is 32.8. The lowest BCUT2D eigenvalue weighted by molar-refractivity contribution is -0.159. The maximum atomic E-state index is 12.8. The zero-order valence-corrected chi connectivity index (χ0v) is 15.7. The molecule has 144 valence electrons. The van der Waals surface area contributed by atoms with Gasteiger partial charge in [0.1, 0.15) is 6.54 Å². The van der Waals surface area contributed by atoms with Crippen molar-refractivity contribution in [3.8, 4) is 0 Å². The number of carbonyl (C=O) groups excluding carboxylic acids is 2. The zero-order valence-electron chi connectivity index (χ0n) is 15.7. The van der Waals surface area contributed by atoms with Gasteiger partial charge in [0, 0.05) is 30.4 Å². The van der Waals surface area contributed by atoms with E-state index in [0.717, 1.165) is 11.1 Å². The summed E-state index contributed by atoms with van der Waals surface area (Å²) in [6, 6.07) is 11.2. The molecule has 1 aromatic carbocycles. The van der Waals surface area contributed by atoms with Crippen LogP contribution in [0.2, 0.25) is 0 Å². The minimum Gasteiger partial charge on any atom is -0.394 e. The molecule has 0 spiro atoms. The third-order valence-electron chi connectivity index (χ3n) is 5.65. The Balaban J connectivity index is 1.58. The first-order valence-corrected chi connectivity index (χ1v) is 9.48. The SMILES string of the molecule is CC=Cc1ccc([C@@H]2[C@H](CO)N3C(=O)CN(C(=O)c4ccncc4)C[C@@H]23)cc1. The van der Waals surface area contributed by atoms with E-state index in [4.69, 9.17) is 0 Å². The fourth-order valence-electron chi connectivity index (χ4n) is 4.35. The van der Waals surface area contributed by atoms with E-state index in [1.165, 1.54) is 0 Å². The molecule has 0 aliphatic carbocycles. The summed E-state index contributed by atoms with van der Waals surface area (Å²) < 4.78 is 0. The number of amides is 2. The number of aliphatic hydroxyl groups is 1. The highest BCUT2D eigenvalue weighted by atomic mass is 16.3. The number of hydrogen-bond donors (Lipinski definition) is 1. The first kappa shape index (κ1) is 18.4. The Morgan fingerprint density at radius 3 is 2.57 bits per heavy atom. The van der Waals surface area contributed by atoms with Crippen LogP contribution in [-0.2, 0) is 4.79 Å². The van der Waals surface area contributed by atoms with Crippen LogP contribution in [0, 0.1) is 0 Å². The van der Waals surface area contributed by atoms with Crippen molar-refractivity contribution in [3.05, 3.63) is 71.6 Å². The molecule has 0 unspecified atom stereocenters. The van der Waals surface area contributed by atoms with Gasteiger partial charge in [0.2, 0.25) is 5.91 Å². The number of hydrogen-bond acceptors (Lipinski definition) is 4. The molecule has 0 saturated carbocycles. The molecule has 3 heterocycles. The topological polar surface area (TPSA) is 73.7 Å². The van der Waals surface area contributed by atoms with Crippen molar-refractivity contribution >= 4 is 17.9 Å². The van der Waals surface area contributed by atoms with Crippen LogP contribution in [0.3, 0.4) is 0 Å². The molecule has 0 radical (unpaired) electrons. The molecule has 2 aliphatic rings. The second-order valence-electron chi connectivity index (χ2n) is 7.23. The summed E-state index contributed by atoms with van der Waals surface area (Å²) in [5, 5.41) is 9.87. The zero-order chi connectivity index (χ0) is 19.7. The van der Waals surface area contributed by atoms with Crippen molar-refractivity contribution in [2.24, 2.45) is 0 Å². The van der Waals surface area contributed by atoms with Gasteiger partial charge in [-0.2, -0.15) is 0 Å². The molecule has 2 fully saturated rings. The van der Waals surface area contributed by atoms with Gasteiger partial charge in [0.25, 0.3) is 5.91 Å². The number of benzene rings is 1. The van der Waals surface area contributed by atoms with Gasteiger partial charge in [-0.1, -0.05) is 36.4 Å². The molecule has 3 atom stereocenters. The maximum absolute atomic E-state index is 12.8. The first-order valence-electron chi connectivity index (χ1n) is 9.48. The van der Waals surface area contributed by atoms with Gasteiger partial charge in [0.15, 0.2) is 0 Å². The number of pyridine rings is 1. The van der Waals surface area contributed by atoms with Crippen LogP contribution >= 0.6 is 0 Å². The number of piperazine rings is 1. The number of aliphatic hydroxyl groups excluding tert-OH is 1. The molecular weight excluding hydrogens is 354 g/mol. The van der Waals surface area contributed by atoms with Gasteiger partial charge in [-0.15, -0.1) is 0 Å². The summed E-state index contributed by atoms with van der Waals surface area (Å²) in [6.45, 7) is 2.40. The summed E-state index contributed by atoms with van der Waals surface area (Å²) in [5.74, 6) is -0.258. The van der Waals surface area contributed by atoms with Crippen LogP contribution in [-0.4, -0.2) is 63.5 Å². The Morgan fingerprint density at radius 2 is 1.93 bits per heavy atom. The molecule has 2 aliphatic heterocycles. The average molecular weight is 377 g/mol. The van der Waals surface area contributed by atoms with Crippen LogP contribution in [0.25, 0.3) is 6.08 Å². The summed E-state index contributed by atoms with van der Waals surface area (Å²) in [6.07, 6.45) is 7.16. The van der Waals surface area contributed by atoms with Gasteiger partial charge < -0.3 is 14.9 Å². The van der Waals surface area contributed by atoms with Gasteiger partial charge in [0.05, 0.1) is 18.7 Å². The van der Waals surface area contributed by atoms with E-state index >= 15 is 0 Å². The van der Waals surface area contributed by atoms with Crippen LogP contribution in [0.1, 0.15) is 34.3 Å². The van der Waals surface area contributed by atoms with Crippen LogP contribution in [0.5, 0.6) is 0 Å². The van der Waals surface area contributed by atoms with Gasteiger partial charge in [-0.05, 0) is 30.2 Å². The fourth-order valence-corrected chi connectivity index (χ4v) is 4.35. The van der Waals surface area contributed by atoms with E-state index in [-0.39, 0.29) is 43.0 Å². The largest absolute Gasteiger partial charge is 0.394 e. The monoisotopic (exact) mass is 377 g/mol. The predicted octanol–water partition coefficient (Wildman–Crippen LogP) is 1.93. The number of nitrogens with zero attached hydrogens (tertiary/aromatic N) is 3. The molecule has 0 bridgehead atoms. The van der Waals surface area contributed by atoms with Gasteiger partial charge in [-0.25, -0.2) is 0 Å². The van der Waals surface area contributed by atoms with Crippen LogP contribution in [0.4, 0.5) is 0 Å². The molecule has 1 N–H and O–H groups in total. The van der Waals surface area contributed by atoms with Crippen molar-refractivity contribution in [3.63, 3.8) is 0 Å². The highest BCUT2D eigenvalue weighted by Crippen LogP contribution is 2.43. The third kappa shape index (κ3) is 3.10. The minimum absolute atomic E-state index is 0.0154. The Kier molecular flexibility index (Phi) is 4.96. The number of fused-ring (bicyclic) bond motifs is 1. The molecule has 2 aromatic rings. The predicted molar refractivity (Wildman–Crippen MR) is 106 cm³/mol. The van der Waals surface area contributed by atoms with Crippen LogP contribution < -0.4 is 0 Å². The number of rotatable bonds is 4. The number of carbonyl (C=O) groups is 2. The Hall–Kier alpha value is -2.99. The number of allylic oxidation sites excluding steroid dienone is 1. The molecule has 6 nitrogen and oxygen atoms in total. The number of aromatic nitrogens is 1. The molecule has 28 heavy (non-hydrogen) atoms. The summed E-state index contributed by atoms with van der Waals surface area (Å²) in [7, 11) is 0. The van der Waals surface area contributed by atoms with E-state index in [1.807, 2.05) is 43.3 Å². The third-order valence-corrected chi connectivity index (χ3v) is 5.65.